The fourth-order valence-corrected chi connectivity index (χ4v) is 4.20. The Morgan fingerprint density at radius 2 is 2.04 bits per heavy atom. The second kappa shape index (κ2) is 8.14. The molecule has 4 nitrogen and oxygen atoms in total. The number of hydrogen-bond acceptors (Lipinski definition) is 3. The molecule has 7 heteroatoms. The summed E-state index contributed by atoms with van der Waals surface area (Å²) in [4.78, 5) is 16.3. The van der Waals surface area contributed by atoms with Crippen LogP contribution in [-0.2, 0) is 4.79 Å². The SMILES string of the molecule is COc1cc(C=CN(C)C(=O)[C@@H]2CCCN2C)c(Br)c(Br)c1Br. The Labute approximate surface area is 162 Å². The number of likely N-dealkylation sites (N-methyl/N-ethyl adjacent to an activating group) is 2. The van der Waals surface area contributed by atoms with Gasteiger partial charge in [0.2, 0.25) is 5.91 Å². The molecule has 0 saturated carbocycles. The molecule has 1 atom stereocenters. The van der Waals surface area contributed by atoms with Gasteiger partial charge in [-0.25, -0.2) is 0 Å². The van der Waals surface area contributed by atoms with Crippen molar-refractivity contribution < 1.29 is 9.53 Å². The van der Waals surface area contributed by atoms with Crippen LogP contribution in [-0.4, -0.2) is 49.5 Å². The van der Waals surface area contributed by atoms with Crippen LogP contribution in [0.15, 0.2) is 25.7 Å². The highest BCUT2D eigenvalue weighted by Gasteiger charge is 2.29. The highest BCUT2D eigenvalue weighted by atomic mass is 79.9. The third-order valence-corrected chi connectivity index (χ3v) is 7.49. The lowest BCUT2D eigenvalue weighted by atomic mass is 10.2. The first kappa shape index (κ1) is 19.0. The zero-order chi connectivity index (χ0) is 17.1. The van der Waals surface area contributed by atoms with E-state index in [-0.39, 0.29) is 11.9 Å². The van der Waals surface area contributed by atoms with Gasteiger partial charge >= 0.3 is 0 Å². The van der Waals surface area contributed by atoms with E-state index >= 15 is 0 Å². The van der Waals surface area contributed by atoms with Crippen molar-refractivity contribution in [2.45, 2.75) is 18.9 Å². The highest BCUT2D eigenvalue weighted by molar-refractivity contribution is 9.14. The van der Waals surface area contributed by atoms with E-state index in [0.717, 1.165) is 44.1 Å². The van der Waals surface area contributed by atoms with Crippen molar-refractivity contribution in [3.05, 3.63) is 31.2 Å². The number of hydrogen-bond donors (Lipinski definition) is 0. The van der Waals surface area contributed by atoms with Crippen molar-refractivity contribution in [2.75, 3.05) is 27.7 Å². The molecule has 0 N–H and O–H groups in total. The lowest BCUT2D eigenvalue weighted by Crippen LogP contribution is -2.40. The minimum Gasteiger partial charge on any atom is -0.496 e. The smallest absolute Gasteiger partial charge is 0.243 e. The van der Waals surface area contributed by atoms with Crippen molar-refractivity contribution in [3.63, 3.8) is 0 Å². The first-order valence-electron chi connectivity index (χ1n) is 7.23. The van der Waals surface area contributed by atoms with Crippen LogP contribution < -0.4 is 4.74 Å². The Hall–Kier alpha value is -0.370. The van der Waals surface area contributed by atoms with E-state index in [4.69, 9.17) is 4.74 Å². The fourth-order valence-electron chi connectivity index (χ4n) is 2.59. The van der Waals surface area contributed by atoms with Crippen molar-refractivity contribution in [1.82, 2.24) is 9.80 Å². The molecule has 23 heavy (non-hydrogen) atoms. The number of likely N-dealkylation sites (tertiary alicyclic amines) is 1. The quantitative estimate of drug-likeness (QED) is 0.559. The van der Waals surface area contributed by atoms with Gasteiger partial charge in [0, 0.05) is 17.7 Å². The number of rotatable bonds is 4. The molecule has 1 aliphatic rings. The summed E-state index contributed by atoms with van der Waals surface area (Å²) in [5, 5.41) is 0. The molecule has 0 aromatic heterocycles. The summed E-state index contributed by atoms with van der Waals surface area (Å²) in [6.45, 7) is 0.983. The average molecular weight is 511 g/mol. The molecule has 0 spiro atoms. The summed E-state index contributed by atoms with van der Waals surface area (Å²) >= 11 is 10.6. The van der Waals surface area contributed by atoms with Crippen LogP contribution in [0.1, 0.15) is 18.4 Å². The molecule has 0 radical (unpaired) electrons. The lowest BCUT2D eigenvalue weighted by Gasteiger charge is -2.22. The number of halogens is 3. The molecular weight excluding hydrogens is 492 g/mol. The Morgan fingerprint density at radius 3 is 2.61 bits per heavy atom. The van der Waals surface area contributed by atoms with Gasteiger partial charge in [0.25, 0.3) is 0 Å². The van der Waals surface area contributed by atoms with E-state index in [9.17, 15) is 4.79 Å². The predicted octanol–water partition coefficient (Wildman–Crippen LogP) is 4.51. The van der Waals surface area contributed by atoms with Crippen LogP contribution in [0.4, 0.5) is 0 Å². The molecule has 126 valence electrons. The van der Waals surface area contributed by atoms with Crippen LogP contribution in [0, 0.1) is 0 Å². The van der Waals surface area contributed by atoms with E-state index in [0.29, 0.717) is 0 Å². The monoisotopic (exact) mass is 508 g/mol. The van der Waals surface area contributed by atoms with E-state index < -0.39 is 0 Å². The van der Waals surface area contributed by atoms with Gasteiger partial charge in [-0.2, -0.15) is 0 Å². The molecule has 2 rings (SSSR count). The van der Waals surface area contributed by atoms with Crippen molar-refractivity contribution in [1.29, 1.82) is 0 Å². The predicted molar refractivity (Wildman–Crippen MR) is 104 cm³/mol. The van der Waals surface area contributed by atoms with Gasteiger partial charge in [0.05, 0.1) is 22.1 Å². The number of carbonyl (C=O) groups is 1. The summed E-state index contributed by atoms with van der Waals surface area (Å²) < 4.78 is 7.98. The maximum absolute atomic E-state index is 12.5. The molecule has 1 heterocycles. The minimum atomic E-state index is -0.0146. The molecule has 0 unspecified atom stereocenters. The number of benzene rings is 1. The molecular formula is C16H19Br3N2O2. The molecule has 1 fully saturated rings. The van der Waals surface area contributed by atoms with Gasteiger partial charge in [0.1, 0.15) is 5.75 Å². The largest absolute Gasteiger partial charge is 0.496 e. The Balaban J connectivity index is 2.19. The second-order valence-electron chi connectivity index (χ2n) is 5.51. The lowest BCUT2D eigenvalue weighted by molar-refractivity contribution is -0.131. The summed E-state index contributed by atoms with van der Waals surface area (Å²) in [5.41, 5.74) is 0.927. The number of nitrogens with zero attached hydrogens (tertiary/aromatic N) is 2. The van der Waals surface area contributed by atoms with Gasteiger partial charge < -0.3 is 9.64 Å². The molecule has 0 bridgehead atoms. The normalized spacial score (nSPS) is 18.6. The Morgan fingerprint density at radius 1 is 1.35 bits per heavy atom. The number of amides is 1. The third-order valence-electron chi connectivity index (χ3n) is 3.99. The second-order valence-corrected chi connectivity index (χ2v) is 7.89. The number of carbonyl (C=O) groups excluding carboxylic acids is 1. The maximum Gasteiger partial charge on any atom is 0.243 e. The average Bonchev–Trinajstić information content (AvgIpc) is 2.97. The molecule has 1 saturated heterocycles. The number of methoxy groups -OCH3 is 1. The molecule has 1 aromatic carbocycles. The summed E-state index contributed by atoms with van der Waals surface area (Å²) in [6, 6.07) is 1.90. The molecule has 0 aliphatic carbocycles. The van der Waals surface area contributed by atoms with E-state index in [1.807, 2.05) is 19.2 Å². The maximum atomic E-state index is 12.5. The van der Waals surface area contributed by atoms with Crippen molar-refractivity contribution >= 4 is 59.8 Å². The summed E-state index contributed by atoms with van der Waals surface area (Å²) in [5.74, 6) is 0.852. The molecule has 1 aromatic rings. The van der Waals surface area contributed by atoms with Crippen molar-refractivity contribution in [2.24, 2.45) is 0 Å². The minimum absolute atomic E-state index is 0.0146. The number of ether oxygens (including phenoxy) is 1. The van der Waals surface area contributed by atoms with Crippen LogP contribution in [0.3, 0.4) is 0 Å². The van der Waals surface area contributed by atoms with Crippen molar-refractivity contribution in [3.8, 4) is 5.75 Å². The zero-order valence-corrected chi connectivity index (χ0v) is 18.0. The first-order valence-corrected chi connectivity index (χ1v) is 9.61. The van der Waals surface area contributed by atoms with Crippen LogP contribution >= 0.6 is 47.8 Å². The molecule has 1 aliphatic heterocycles. The topological polar surface area (TPSA) is 32.8 Å². The van der Waals surface area contributed by atoms with E-state index in [1.54, 1.807) is 25.3 Å². The van der Waals surface area contributed by atoms with Gasteiger partial charge in [-0.05, 0) is 91.9 Å². The summed E-state index contributed by atoms with van der Waals surface area (Å²) in [6.07, 6.45) is 5.70. The van der Waals surface area contributed by atoms with Gasteiger partial charge in [-0.3, -0.25) is 9.69 Å². The Bertz CT molecular complexity index is 634. The van der Waals surface area contributed by atoms with Gasteiger partial charge in [-0.15, -0.1) is 0 Å². The molecule has 1 amide bonds. The van der Waals surface area contributed by atoms with Gasteiger partial charge in [0.15, 0.2) is 0 Å². The van der Waals surface area contributed by atoms with Crippen LogP contribution in [0.2, 0.25) is 0 Å². The Kier molecular flexibility index (Phi) is 6.71. The fraction of sp³-hybridized carbons (Fsp3) is 0.438. The standard InChI is InChI=1S/C16H19Br3N2O2/c1-20-7-4-5-11(20)16(22)21(2)8-6-10-9-12(23-3)14(18)15(19)13(10)17/h6,8-9,11H,4-5,7H2,1-3H3/t11-/m0/s1. The van der Waals surface area contributed by atoms with E-state index in [1.165, 1.54) is 0 Å². The van der Waals surface area contributed by atoms with Gasteiger partial charge in [-0.1, -0.05) is 0 Å². The summed E-state index contributed by atoms with van der Waals surface area (Å²) in [7, 11) is 5.42. The van der Waals surface area contributed by atoms with Crippen LogP contribution in [0.25, 0.3) is 6.08 Å². The third kappa shape index (κ3) is 4.18. The van der Waals surface area contributed by atoms with E-state index in [2.05, 4.69) is 52.7 Å². The highest BCUT2D eigenvalue weighted by Crippen LogP contribution is 2.40. The zero-order valence-electron chi connectivity index (χ0n) is 13.3. The van der Waals surface area contributed by atoms with Crippen LogP contribution in [0.5, 0.6) is 5.75 Å². The first-order chi connectivity index (χ1) is 10.9.